The van der Waals surface area contributed by atoms with Crippen LogP contribution in [-0.2, 0) is 20.2 Å². The number of nitrogens with one attached hydrogen (secondary N) is 3. The van der Waals surface area contributed by atoms with E-state index in [4.69, 9.17) is 0 Å². The van der Waals surface area contributed by atoms with Gasteiger partial charge in [0.05, 0.1) is 71.5 Å². The summed E-state index contributed by atoms with van der Waals surface area (Å²) in [6.07, 6.45) is 1.30. The molecule has 0 saturated heterocycles. The maximum absolute atomic E-state index is 16.2. The zero-order chi connectivity index (χ0) is 49.1. The van der Waals surface area contributed by atoms with Crippen LogP contribution >= 0.6 is 0 Å². The van der Waals surface area contributed by atoms with Crippen molar-refractivity contribution in [2.24, 2.45) is 0 Å². The smallest absolute Gasteiger partial charge is 0.296 e. The third-order valence-electron chi connectivity index (χ3n) is 10.3. The Bertz CT molecular complexity index is 3670. The lowest BCUT2D eigenvalue weighted by Gasteiger charge is -2.13. The van der Waals surface area contributed by atoms with Gasteiger partial charge in [-0.2, -0.15) is 43.2 Å². The molecule has 350 valence electrons. The van der Waals surface area contributed by atoms with Crippen molar-refractivity contribution < 1.29 is 92.8 Å². The van der Waals surface area contributed by atoms with Gasteiger partial charge in [0.15, 0.2) is 52.2 Å². The topological polar surface area (TPSA) is 197 Å². The van der Waals surface area contributed by atoms with Crippen molar-refractivity contribution in [2.45, 2.75) is 9.79 Å². The zero-order valence-corrected chi connectivity index (χ0v) is 34.6. The SMILES string of the molecule is COc1c(F)c(F)c(-c2c3nc(c(-c4c(F)c(F)c(OC)c(F)c4F)c4[nH]c(cc4S(=O)(=O)O)c4[nH]c(cc4S(=O)(=O)O)c(-c4c(F)c(F)c(OC)c(F)c4F)c4ccc2[nH]4)C=C3)c(F)c1F. The van der Waals surface area contributed by atoms with Gasteiger partial charge in [-0.05, 0) is 36.4 Å². The molecule has 0 spiro atoms. The summed E-state index contributed by atoms with van der Waals surface area (Å²) in [4.78, 5) is 7.84. The van der Waals surface area contributed by atoms with E-state index in [1.807, 2.05) is 0 Å². The summed E-state index contributed by atoms with van der Waals surface area (Å²) in [6.45, 7) is 0. The second-order valence-electron chi connectivity index (χ2n) is 13.9. The lowest BCUT2D eigenvalue weighted by atomic mass is 10.0. The number of nitrogens with zero attached hydrogens (tertiary/aromatic N) is 1. The van der Waals surface area contributed by atoms with Gasteiger partial charge in [-0.3, -0.25) is 9.11 Å². The number of aromatic amines is 3. The van der Waals surface area contributed by atoms with Crippen molar-refractivity contribution >= 4 is 65.5 Å². The Labute approximate surface area is 364 Å². The average molecular weight is 993 g/mol. The van der Waals surface area contributed by atoms with Crippen LogP contribution in [-0.4, -0.2) is 67.2 Å². The first-order valence-corrected chi connectivity index (χ1v) is 20.8. The first kappa shape index (κ1) is 46.3. The van der Waals surface area contributed by atoms with E-state index in [1.165, 1.54) is 0 Å². The van der Waals surface area contributed by atoms with Gasteiger partial charge in [0.25, 0.3) is 20.2 Å². The average Bonchev–Trinajstić information content (AvgIpc) is 4.10. The largest absolute Gasteiger partial charge is 0.491 e. The first-order chi connectivity index (χ1) is 31.4. The molecule has 0 fully saturated rings. The van der Waals surface area contributed by atoms with Crippen LogP contribution in [0.5, 0.6) is 17.2 Å². The van der Waals surface area contributed by atoms with Crippen molar-refractivity contribution in [2.75, 3.05) is 21.3 Å². The molecular formula is C40H20F12N4O9S2. The van der Waals surface area contributed by atoms with E-state index in [2.05, 4.69) is 34.1 Å². The second-order valence-corrected chi connectivity index (χ2v) is 16.7. The van der Waals surface area contributed by atoms with Crippen molar-refractivity contribution in [3.05, 3.63) is 105 Å². The highest BCUT2D eigenvalue weighted by molar-refractivity contribution is 7.86. The van der Waals surface area contributed by atoms with E-state index in [0.717, 1.165) is 12.1 Å². The fourth-order valence-corrected chi connectivity index (χ4v) is 8.85. The minimum atomic E-state index is -5.84. The Morgan fingerprint density at radius 1 is 0.418 bits per heavy atom. The van der Waals surface area contributed by atoms with E-state index in [0.29, 0.717) is 45.6 Å². The summed E-state index contributed by atoms with van der Waals surface area (Å²) in [5.41, 5.74) is -17.2. The summed E-state index contributed by atoms with van der Waals surface area (Å²) < 4.78 is 276. The van der Waals surface area contributed by atoms with Crippen molar-refractivity contribution in [3.8, 4) is 50.6 Å². The fraction of sp³-hybridized carbons (Fsp3) is 0.0750. The van der Waals surface area contributed by atoms with E-state index in [1.54, 1.807) is 0 Å². The van der Waals surface area contributed by atoms with E-state index < -0.39 is 195 Å². The molecule has 7 aromatic rings. The maximum Gasteiger partial charge on any atom is 0.296 e. The molecule has 0 aliphatic carbocycles. The van der Waals surface area contributed by atoms with Gasteiger partial charge in [-0.25, -0.2) is 31.3 Å². The molecule has 0 saturated carbocycles. The molecule has 0 unspecified atom stereocenters. The minimum Gasteiger partial charge on any atom is -0.491 e. The van der Waals surface area contributed by atoms with E-state index in [-0.39, 0.29) is 0 Å². The van der Waals surface area contributed by atoms with Crippen LogP contribution in [0.1, 0.15) is 11.4 Å². The van der Waals surface area contributed by atoms with Gasteiger partial charge >= 0.3 is 0 Å². The van der Waals surface area contributed by atoms with Crippen LogP contribution < -0.4 is 14.2 Å². The Morgan fingerprint density at radius 2 is 0.746 bits per heavy atom. The van der Waals surface area contributed by atoms with Crippen LogP contribution in [0, 0.1) is 69.8 Å². The summed E-state index contributed by atoms with van der Waals surface area (Å²) in [5, 5.41) is 0. The van der Waals surface area contributed by atoms with Crippen LogP contribution in [0.4, 0.5) is 52.7 Å². The highest BCUT2D eigenvalue weighted by Crippen LogP contribution is 2.46. The molecule has 67 heavy (non-hydrogen) atoms. The Kier molecular flexibility index (Phi) is 11.0. The van der Waals surface area contributed by atoms with Gasteiger partial charge in [-0.1, -0.05) is 0 Å². The number of aromatic nitrogens is 4. The number of benzene rings is 3. The standard InChI is InChI=1S/C40H20F12N4O9S2/c1-63-38-30(47)24(41)21(25(42)31(38)48)18-10-4-5-12(53-10)19(22-26(43)32(49)39(64-2)33(50)27(22)44)14-8-16(66(57,58)59)36(55-14)15-9-17(67(60,61)62)37(56-15)20(13-7-6-11(18)54-13)23-28(45)34(51)40(65-3)35(52)29(23)46/h4-9,53,55-56H,1-3H3,(H,57,58,59)(H,60,61,62). The number of hydrogen-bond acceptors (Lipinski definition) is 8. The third kappa shape index (κ3) is 6.98. The first-order valence-electron chi connectivity index (χ1n) is 18.0. The Hall–Kier alpha value is -7.23. The van der Waals surface area contributed by atoms with Gasteiger partial charge < -0.3 is 29.2 Å². The highest BCUT2D eigenvalue weighted by Gasteiger charge is 2.35. The summed E-state index contributed by atoms with van der Waals surface area (Å²) in [6, 6.07) is 2.11. The zero-order valence-electron chi connectivity index (χ0n) is 33.0. The highest BCUT2D eigenvalue weighted by atomic mass is 32.2. The number of ether oxygens (including phenoxy) is 3. The van der Waals surface area contributed by atoms with Gasteiger partial charge in [0.2, 0.25) is 34.9 Å². The molecule has 0 radical (unpaired) electrons. The molecule has 27 heteroatoms. The third-order valence-corrected chi connectivity index (χ3v) is 12.1. The molecule has 3 aromatic carbocycles. The Balaban J connectivity index is 1.77. The summed E-state index contributed by atoms with van der Waals surface area (Å²) in [5.74, 6) is -32.1. The molecule has 0 amide bonds. The van der Waals surface area contributed by atoms with E-state index in [9.17, 15) is 25.9 Å². The summed E-state index contributed by atoms with van der Waals surface area (Å²) >= 11 is 0. The molecule has 5 N–H and O–H groups in total. The summed E-state index contributed by atoms with van der Waals surface area (Å²) in [7, 11) is -9.72. The number of methoxy groups -OCH3 is 3. The normalized spacial score (nSPS) is 12.4. The van der Waals surface area contributed by atoms with Crippen molar-refractivity contribution in [3.63, 3.8) is 0 Å². The predicted molar refractivity (Wildman–Crippen MR) is 210 cm³/mol. The number of fused-ring (bicyclic) bond motifs is 9. The van der Waals surface area contributed by atoms with Crippen LogP contribution in [0.25, 0.3) is 78.6 Å². The van der Waals surface area contributed by atoms with Crippen molar-refractivity contribution in [1.29, 1.82) is 0 Å². The van der Waals surface area contributed by atoms with Crippen molar-refractivity contribution in [1.82, 2.24) is 19.9 Å². The van der Waals surface area contributed by atoms with Gasteiger partial charge in [0.1, 0.15) is 9.79 Å². The number of H-pyrrole nitrogens is 3. The predicted octanol–water partition coefficient (Wildman–Crippen LogP) is 9.89. The second kappa shape index (κ2) is 16.0. The monoisotopic (exact) mass is 992 g/mol. The number of halogens is 12. The van der Waals surface area contributed by atoms with Gasteiger partial charge in [0, 0.05) is 27.7 Å². The molecule has 5 heterocycles. The molecule has 8 rings (SSSR count). The molecule has 1 aliphatic heterocycles. The lowest BCUT2D eigenvalue weighted by molar-refractivity contribution is 0.334. The maximum atomic E-state index is 16.2. The minimum absolute atomic E-state index is 0.294. The molecule has 8 bridgehead atoms. The quantitative estimate of drug-likeness (QED) is 0.0555. The van der Waals surface area contributed by atoms with Gasteiger partial charge in [-0.15, -0.1) is 0 Å². The molecule has 0 atom stereocenters. The molecular weight excluding hydrogens is 973 g/mol. The number of hydrogen-bond donors (Lipinski definition) is 5. The van der Waals surface area contributed by atoms with Crippen LogP contribution in [0.2, 0.25) is 0 Å². The molecule has 4 aromatic heterocycles. The Morgan fingerprint density at radius 3 is 1.15 bits per heavy atom. The van der Waals surface area contributed by atoms with Crippen LogP contribution in [0.3, 0.4) is 0 Å². The molecule has 13 nitrogen and oxygen atoms in total. The lowest BCUT2D eigenvalue weighted by Crippen LogP contribution is -2.06. The van der Waals surface area contributed by atoms with E-state index >= 15 is 52.7 Å². The molecule has 1 aliphatic rings. The van der Waals surface area contributed by atoms with Crippen LogP contribution in [0.15, 0.2) is 34.1 Å². The fourth-order valence-electron chi connectivity index (χ4n) is 7.49. The number of rotatable bonds is 8.